The molecule has 5 nitrogen and oxygen atoms in total. The van der Waals surface area contributed by atoms with E-state index in [1.807, 2.05) is 0 Å². The van der Waals surface area contributed by atoms with Gasteiger partial charge in [-0.25, -0.2) is 0 Å². The Morgan fingerprint density at radius 2 is 2.05 bits per heavy atom. The summed E-state index contributed by atoms with van der Waals surface area (Å²) in [6.07, 6.45) is 0.952. The molecule has 0 radical (unpaired) electrons. The van der Waals surface area contributed by atoms with Crippen molar-refractivity contribution in [3.05, 3.63) is 28.2 Å². The molecule has 0 saturated carbocycles. The van der Waals surface area contributed by atoms with Crippen LogP contribution in [0.1, 0.15) is 19.8 Å². The van der Waals surface area contributed by atoms with Crippen LogP contribution >= 0.6 is 23.2 Å². The van der Waals surface area contributed by atoms with Gasteiger partial charge in [0.15, 0.2) is 0 Å². The average Bonchev–Trinajstić information content (AvgIpc) is 2.45. The van der Waals surface area contributed by atoms with Crippen molar-refractivity contribution in [2.24, 2.45) is 0 Å². The van der Waals surface area contributed by atoms with Gasteiger partial charge in [0.1, 0.15) is 0 Å². The summed E-state index contributed by atoms with van der Waals surface area (Å²) in [7, 11) is 1.61. The van der Waals surface area contributed by atoms with Gasteiger partial charge < -0.3 is 15.0 Å². The Hall–Kier alpha value is -1.30. The van der Waals surface area contributed by atoms with Gasteiger partial charge in [0.25, 0.3) is 0 Å². The number of benzene rings is 1. The van der Waals surface area contributed by atoms with Crippen LogP contribution in [0.5, 0.6) is 0 Å². The lowest BCUT2D eigenvalue weighted by Crippen LogP contribution is -2.34. The van der Waals surface area contributed by atoms with Crippen molar-refractivity contribution in [2.45, 2.75) is 19.8 Å². The summed E-state index contributed by atoms with van der Waals surface area (Å²) in [4.78, 5) is 25.0. The molecule has 0 atom stereocenters. The fraction of sp³-hybridized carbons (Fsp3) is 0.467. The highest BCUT2D eigenvalue weighted by Crippen LogP contribution is 2.29. The molecule has 0 aromatic heterocycles. The maximum absolute atomic E-state index is 11.8. The lowest BCUT2D eigenvalue weighted by atomic mass is 10.2. The van der Waals surface area contributed by atoms with E-state index in [1.54, 1.807) is 25.3 Å². The zero-order valence-corrected chi connectivity index (χ0v) is 14.2. The topological polar surface area (TPSA) is 58.6 Å². The summed E-state index contributed by atoms with van der Waals surface area (Å²) in [5.74, 6) is -0.302. The van der Waals surface area contributed by atoms with Gasteiger partial charge in [-0.2, -0.15) is 0 Å². The molecule has 2 amide bonds. The van der Waals surface area contributed by atoms with E-state index < -0.39 is 0 Å². The SMILES string of the molecule is COCCCNC(=O)CCN(C(C)=O)c1ccc(Cl)cc1Cl. The van der Waals surface area contributed by atoms with E-state index in [0.29, 0.717) is 28.9 Å². The maximum Gasteiger partial charge on any atom is 0.223 e. The molecule has 1 N–H and O–H groups in total. The third kappa shape index (κ3) is 6.22. The second-order valence-electron chi connectivity index (χ2n) is 4.71. The lowest BCUT2D eigenvalue weighted by molar-refractivity contribution is -0.121. The highest BCUT2D eigenvalue weighted by Gasteiger charge is 2.16. The number of methoxy groups -OCH3 is 1. The van der Waals surface area contributed by atoms with Crippen molar-refractivity contribution >= 4 is 40.7 Å². The molecular weight excluding hydrogens is 327 g/mol. The Bertz CT molecular complexity index is 524. The number of hydrogen-bond donors (Lipinski definition) is 1. The third-order valence-electron chi connectivity index (χ3n) is 2.99. The number of nitrogens with one attached hydrogen (secondary N) is 1. The molecule has 7 heteroatoms. The molecule has 0 saturated heterocycles. The minimum absolute atomic E-state index is 0.118. The minimum Gasteiger partial charge on any atom is -0.385 e. The van der Waals surface area contributed by atoms with Crippen LogP contribution in [0.4, 0.5) is 5.69 Å². The predicted octanol–water partition coefficient (Wildman–Crippen LogP) is 2.89. The molecule has 0 aliphatic rings. The quantitative estimate of drug-likeness (QED) is 0.736. The van der Waals surface area contributed by atoms with Gasteiger partial charge in [0, 0.05) is 45.2 Å². The van der Waals surface area contributed by atoms with E-state index in [1.165, 1.54) is 11.8 Å². The van der Waals surface area contributed by atoms with Crippen LogP contribution in [0.3, 0.4) is 0 Å². The molecule has 0 bridgehead atoms. The fourth-order valence-electron chi connectivity index (χ4n) is 1.89. The Balaban J connectivity index is 2.58. The first-order chi connectivity index (χ1) is 10.5. The molecule has 22 heavy (non-hydrogen) atoms. The first-order valence-corrected chi connectivity index (χ1v) is 7.70. The number of hydrogen-bond acceptors (Lipinski definition) is 3. The van der Waals surface area contributed by atoms with Crippen molar-refractivity contribution < 1.29 is 14.3 Å². The van der Waals surface area contributed by atoms with Gasteiger partial charge >= 0.3 is 0 Å². The molecule has 0 unspecified atom stereocenters. The summed E-state index contributed by atoms with van der Waals surface area (Å²) >= 11 is 12.0. The first kappa shape index (κ1) is 18.7. The van der Waals surface area contributed by atoms with Crippen LogP contribution in [-0.4, -0.2) is 38.6 Å². The smallest absolute Gasteiger partial charge is 0.223 e. The van der Waals surface area contributed by atoms with Crippen LogP contribution in [0, 0.1) is 0 Å². The van der Waals surface area contributed by atoms with Gasteiger partial charge in [0.2, 0.25) is 11.8 Å². The fourth-order valence-corrected chi connectivity index (χ4v) is 2.40. The number of halogens is 2. The van der Waals surface area contributed by atoms with E-state index in [4.69, 9.17) is 27.9 Å². The molecule has 0 heterocycles. The van der Waals surface area contributed by atoms with Crippen LogP contribution in [0.2, 0.25) is 10.0 Å². The number of carbonyl (C=O) groups is 2. The van der Waals surface area contributed by atoms with Gasteiger partial charge in [-0.1, -0.05) is 23.2 Å². The highest BCUT2D eigenvalue weighted by molar-refractivity contribution is 6.36. The number of anilines is 1. The molecule has 122 valence electrons. The van der Waals surface area contributed by atoms with E-state index in [-0.39, 0.29) is 24.8 Å². The molecule has 1 aromatic rings. The lowest BCUT2D eigenvalue weighted by Gasteiger charge is -2.22. The number of nitrogens with zero attached hydrogens (tertiary/aromatic N) is 1. The zero-order valence-electron chi connectivity index (χ0n) is 12.7. The summed E-state index contributed by atoms with van der Waals surface area (Å²) < 4.78 is 4.90. The van der Waals surface area contributed by atoms with E-state index in [9.17, 15) is 9.59 Å². The number of carbonyl (C=O) groups excluding carboxylic acids is 2. The first-order valence-electron chi connectivity index (χ1n) is 6.94. The molecule has 0 aliphatic heterocycles. The standard InChI is InChI=1S/C15H20Cl2N2O3/c1-11(20)19(14-5-4-12(16)10-13(14)17)8-6-15(21)18-7-3-9-22-2/h4-5,10H,3,6-9H2,1-2H3,(H,18,21). The normalized spacial score (nSPS) is 10.4. The summed E-state index contributed by atoms with van der Waals surface area (Å²) in [5, 5.41) is 3.65. The summed E-state index contributed by atoms with van der Waals surface area (Å²) in [6, 6.07) is 4.89. The number of rotatable bonds is 8. The summed E-state index contributed by atoms with van der Waals surface area (Å²) in [5.41, 5.74) is 0.547. The van der Waals surface area contributed by atoms with Crippen molar-refractivity contribution in [1.82, 2.24) is 5.32 Å². The van der Waals surface area contributed by atoms with Gasteiger partial charge in [0.05, 0.1) is 10.7 Å². The molecular formula is C15H20Cl2N2O3. The Morgan fingerprint density at radius 1 is 1.32 bits per heavy atom. The van der Waals surface area contributed by atoms with Gasteiger partial charge in [-0.05, 0) is 24.6 Å². The Morgan fingerprint density at radius 3 is 2.64 bits per heavy atom. The van der Waals surface area contributed by atoms with Crippen LogP contribution in [0.15, 0.2) is 18.2 Å². The van der Waals surface area contributed by atoms with Gasteiger partial charge in [-0.3, -0.25) is 9.59 Å². The maximum atomic E-state index is 11.8. The number of ether oxygens (including phenoxy) is 1. The van der Waals surface area contributed by atoms with E-state index in [2.05, 4.69) is 5.32 Å². The molecule has 0 spiro atoms. The van der Waals surface area contributed by atoms with Gasteiger partial charge in [-0.15, -0.1) is 0 Å². The van der Waals surface area contributed by atoms with Crippen molar-refractivity contribution in [3.63, 3.8) is 0 Å². The molecule has 1 aromatic carbocycles. The zero-order chi connectivity index (χ0) is 16.5. The van der Waals surface area contributed by atoms with Crippen LogP contribution < -0.4 is 10.2 Å². The van der Waals surface area contributed by atoms with Crippen molar-refractivity contribution in [1.29, 1.82) is 0 Å². The Labute approximate surface area is 140 Å². The van der Waals surface area contributed by atoms with Crippen LogP contribution in [0.25, 0.3) is 0 Å². The predicted molar refractivity (Wildman–Crippen MR) is 88.6 cm³/mol. The molecule has 1 rings (SSSR count). The highest BCUT2D eigenvalue weighted by atomic mass is 35.5. The Kier molecular flexibility index (Phi) is 8.24. The average molecular weight is 347 g/mol. The second kappa shape index (κ2) is 9.66. The monoisotopic (exact) mass is 346 g/mol. The van der Waals surface area contributed by atoms with Crippen molar-refractivity contribution in [3.8, 4) is 0 Å². The molecule has 0 fully saturated rings. The summed E-state index contributed by atoms with van der Waals surface area (Å²) in [6.45, 7) is 2.84. The largest absolute Gasteiger partial charge is 0.385 e. The van der Waals surface area contributed by atoms with Crippen molar-refractivity contribution in [2.75, 3.05) is 31.7 Å². The molecule has 0 aliphatic carbocycles. The van der Waals surface area contributed by atoms with E-state index in [0.717, 1.165) is 6.42 Å². The number of amides is 2. The minimum atomic E-state index is -0.184. The van der Waals surface area contributed by atoms with E-state index >= 15 is 0 Å². The second-order valence-corrected chi connectivity index (χ2v) is 5.56. The third-order valence-corrected chi connectivity index (χ3v) is 3.53. The van der Waals surface area contributed by atoms with Crippen LogP contribution in [-0.2, 0) is 14.3 Å².